The quantitative estimate of drug-likeness (QED) is 0.877. The molecule has 25 heavy (non-hydrogen) atoms. The number of carbonyl (C=O) groups is 1. The van der Waals surface area contributed by atoms with Crippen LogP contribution in [0.4, 0.5) is 5.69 Å². The molecule has 1 aliphatic heterocycles. The summed E-state index contributed by atoms with van der Waals surface area (Å²) in [7, 11) is 1.66. The van der Waals surface area contributed by atoms with Gasteiger partial charge in [-0.3, -0.25) is 4.79 Å². The predicted molar refractivity (Wildman–Crippen MR) is 98.3 cm³/mol. The van der Waals surface area contributed by atoms with Gasteiger partial charge in [0.2, 0.25) is 5.91 Å². The average molecular weight is 340 g/mol. The fourth-order valence-electron chi connectivity index (χ4n) is 3.13. The van der Waals surface area contributed by atoms with Gasteiger partial charge < -0.3 is 20.1 Å². The van der Waals surface area contributed by atoms with E-state index in [2.05, 4.69) is 29.7 Å². The fourth-order valence-corrected chi connectivity index (χ4v) is 3.13. The predicted octanol–water partition coefficient (Wildman–Crippen LogP) is 3.31. The Morgan fingerprint density at radius 1 is 1.28 bits per heavy atom. The van der Waals surface area contributed by atoms with Crippen molar-refractivity contribution in [2.24, 2.45) is 0 Å². The molecule has 0 saturated heterocycles. The number of methoxy groups -OCH3 is 1. The molecule has 0 bridgehead atoms. The normalized spacial score (nSPS) is 17.2. The lowest BCUT2D eigenvalue weighted by Crippen LogP contribution is -2.40. The summed E-state index contributed by atoms with van der Waals surface area (Å²) in [6.45, 7) is 4.26. The first-order valence-electron chi connectivity index (χ1n) is 8.48. The average Bonchev–Trinajstić information content (AvgIpc) is 2.61. The van der Waals surface area contributed by atoms with Crippen molar-refractivity contribution in [1.29, 1.82) is 0 Å². The lowest BCUT2D eigenvalue weighted by atomic mass is 10.00. The van der Waals surface area contributed by atoms with Crippen LogP contribution in [0.3, 0.4) is 0 Å². The number of nitrogens with one attached hydrogen (secondary N) is 2. The zero-order valence-corrected chi connectivity index (χ0v) is 14.8. The van der Waals surface area contributed by atoms with Gasteiger partial charge in [0.15, 0.2) is 0 Å². The van der Waals surface area contributed by atoms with Crippen LogP contribution in [0.15, 0.2) is 42.5 Å². The smallest absolute Gasteiger partial charge is 0.221 e. The van der Waals surface area contributed by atoms with Gasteiger partial charge in [0, 0.05) is 30.8 Å². The first kappa shape index (κ1) is 17.3. The van der Waals surface area contributed by atoms with E-state index in [0.717, 1.165) is 29.2 Å². The first-order chi connectivity index (χ1) is 12.0. The highest BCUT2D eigenvalue weighted by atomic mass is 16.5. The summed E-state index contributed by atoms with van der Waals surface area (Å²) in [6.07, 6.45) is 0.912. The van der Waals surface area contributed by atoms with Crippen LogP contribution in [0.2, 0.25) is 0 Å². The van der Waals surface area contributed by atoms with Crippen molar-refractivity contribution in [2.45, 2.75) is 32.4 Å². The Balaban J connectivity index is 1.65. The van der Waals surface area contributed by atoms with E-state index < -0.39 is 0 Å². The van der Waals surface area contributed by atoms with E-state index in [0.29, 0.717) is 6.61 Å². The van der Waals surface area contributed by atoms with Crippen molar-refractivity contribution in [3.8, 4) is 11.5 Å². The second-order valence-corrected chi connectivity index (χ2v) is 6.38. The third-order valence-corrected chi connectivity index (χ3v) is 4.37. The number of carbonyl (C=O) groups excluding carboxylic acids is 1. The highest BCUT2D eigenvalue weighted by Gasteiger charge is 2.22. The maximum atomic E-state index is 11.2. The van der Waals surface area contributed by atoms with Crippen LogP contribution in [0, 0.1) is 0 Å². The van der Waals surface area contributed by atoms with Crippen molar-refractivity contribution < 1.29 is 14.3 Å². The number of hydrogen-bond acceptors (Lipinski definition) is 4. The number of anilines is 1. The van der Waals surface area contributed by atoms with Gasteiger partial charge in [0.25, 0.3) is 0 Å². The number of hydrogen-bond donors (Lipinski definition) is 2. The lowest BCUT2D eigenvalue weighted by Gasteiger charge is -2.29. The van der Waals surface area contributed by atoms with Gasteiger partial charge in [-0.1, -0.05) is 18.2 Å². The molecule has 5 heteroatoms. The molecule has 132 valence electrons. The van der Waals surface area contributed by atoms with Gasteiger partial charge in [-0.05, 0) is 42.7 Å². The fraction of sp³-hybridized carbons (Fsp3) is 0.350. The zero-order chi connectivity index (χ0) is 17.8. The van der Waals surface area contributed by atoms with E-state index in [1.165, 1.54) is 12.5 Å². The van der Waals surface area contributed by atoms with Crippen molar-refractivity contribution in [3.05, 3.63) is 53.6 Å². The molecular formula is C20H24N2O3. The van der Waals surface area contributed by atoms with Crippen LogP contribution in [-0.2, 0) is 11.2 Å². The zero-order valence-electron chi connectivity index (χ0n) is 14.8. The summed E-state index contributed by atoms with van der Waals surface area (Å²) in [5.41, 5.74) is 3.13. The molecule has 0 radical (unpaired) electrons. The van der Waals surface area contributed by atoms with Gasteiger partial charge >= 0.3 is 0 Å². The first-order valence-corrected chi connectivity index (χ1v) is 8.48. The van der Waals surface area contributed by atoms with E-state index in [4.69, 9.17) is 9.47 Å². The highest BCUT2D eigenvalue weighted by molar-refractivity contribution is 5.88. The second kappa shape index (κ2) is 7.57. The SMILES string of the molecule is COc1ccc2c(c1)OCC(NC(C)c1cccc(NC(C)=O)c1)C2. The monoisotopic (exact) mass is 340 g/mol. The van der Waals surface area contributed by atoms with Crippen LogP contribution in [0.1, 0.15) is 31.0 Å². The van der Waals surface area contributed by atoms with Crippen LogP contribution in [0.25, 0.3) is 0 Å². The van der Waals surface area contributed by atoms with Crippen LogP contribution in [-0.4, -0.2) is 25.7 Å². The van der Waals surface area contributed by atoms with Crippen molar-refractivity contribution >= 4 is 11.6 Å². The second-order valence-electron chi connectivity index (χ2n) is 6.38. The standard InChI is InChI=1S/C20H24N2O3/c1-13(15-5-4-6-17(9-15)22-14(2)23)21-18-10-16-7-8-19(24-3)11-20(16)25-12-18/h4-9,11,13,18,21H,10,12H2,1-3H3,(H,22,23). The van der Waals surface area contributed by atoms with E-state index in [-0.39, 0.29) is 18.0 Å². The van der Waals surface area contributed by atoms with Crippen molar-refractivity contribution in [3.63, 3.8) is 0 Å². The molecule has 1 heterocycles. The number of ether oxygens (including phenoxy) is 2. The molecule has 1 amide bonds. The number of rotatable bonds is 5. The van der Waals surface area contributed by atoms with E-state index in [9.17, 15) is 4.79 Å². The molecule has 0 aliphatic carbocycles. The Kier molecular flexibility index (Phi) is 5.24. The molecule has 2 atom stereocenters. The number of benzene rings is 2. The van der Waals surface area contributed by atoms with Crippen molar-refractivity contribution in [1.82, 2.24) is 5.32 Å². The molecule has 1 aliphatic rings. The Morgan fingerprint density at radius 3 is 2.88 bits per heavy atom. The molecule has 3 rings (SSSR count). The number of amides is 1. The Morgan fingerprint density at radius 2 is 2.12 bits per heavy atom. The maximum Gasteiger partial charge on any atom is 0.221 e. The molecule has 5 nitrogen and oxygen atoms in total. The Labute approximate surface area is 148 Å². The summed E-state index contributed by atoms with van der Waals surface area (Å²) >= 11 is 0. The van der Waals surface area contributed by atoms with Crippen molar-refractivity contribution in [2.75, 3.05) is 19.0 Å². The van der Waals surface area contributed by atoms with Crippen LogP contribution >= 0.6 is 0 Å². The molecule has 0 saturated carbocycles. The highest BCUT2D eigenvalue weighted by Crippen LogP contribution is 2.30. The summed E-state index contributed by atoms with van der Waals surface area (Å²) < 4.78 is 11.1. The molecule has 2 N–H and O–H groups in total. The Bertz CT molecular complexity index is 760. The molecule has 0 fully saturated rings. The van der Waals surface area contributed by atoms with Gasteiger partial charge in [-0.25, -0.2) is 0 Å². The molecule has 0 spiro atoms. The minimum absolute atomic E-state index is 0.0644. The molecule has 0 aromatic heterocycles. The third-order valence-electron chi connectivity index (χ3n) is 4.37. The van der Waals surface area contributed by atoms with Gasteiger partial charge in [-0.15, -0.1) is 0 Å². The van der Waals surface area contributed by atoms with Crippen LogP contribution < -0.4 is 20.1 Å². The van der Waals surface area contributed by atoms with Gasteiger partial charge in [0.1, 0.15) is 18.1 Å². The summed E-state index contributed by atoms with van der Waals surface area (Å²) in [5.74, 6) is 1.65. The summed E-state index contributed by atoms with van der Waals surface area (Å²) in [5, 5.41) is 6.44. The number of fused-ring (bicyclic) bond motifs is 1. The minimum atomic E-state index is -0.0644. The molecule has 2 aromatic rings. The molecular weight excluding hydrogens is 316 g/mol. The Hall–Kier alpha value is -2.53. The summed E-state index contributed by atoms with van der Waals surface area (Å²) in [4.78, 5) is 11.2. The van der Waals surface area contributed by atoms with Gasteiger partial charge in [-0.2, -0.15) is 0 Å². The van der Waals surface area contributed by atoms with E-state index in [1.54, 1.807) is 7.11 Å². The third kappa shape index (κ3) is 4.31. The topological polar surface area (TPSA) is 59.6 Å². The molecule has 2 aromatic carbocycles. The van der Waals surface area contributed by atoms with Gasteiger partial charge in [0.05, 0.1) is 7.11 Å². The molecule has 2 unspecified atom stereocenters. The van der Waals surface area contributed by atoms with E-state index >= 15 is 0 Å². The lowest BCUT2D eigenvalue weighted by molar-refractivity contribution is -0.114. The summed E-state index contributed by atoms with van der Waals surface area (Å²) in [6, 6.07) is 14.3. The van der Waals surface area contributed by atoms with E-state index in [1.807, 2.05) is 30.3 Å². The maximum absolute atomic E-state index is 11.2. The largest absolute Gasteiger partial charge is 0.497 e. The van der Waals surface area contributed by atoms with Crippen LogP contribution in [0.5, 0.6) is 11.5 Å². The minimum Gasteiger partial charge on any atom is -0.497 e.